The van der Waals surface area contributed by atoms with Crippen molar-refractivity contribution in [3.63, 3.8) is 0 Å². The summed E-state index contributed by atoms with van der Waals surface area (Å²) < 4.78 is 7.48. The van der Waals surface area contributed by atoms with Gasteiger partial charge in [0.25, 0.3) is 0 Å². The molecular weight excluding hydrogens is 565 g/mol. The van der Waals surface area contributed by atoms with Crippen LogP contribution in [0.25, 0.3) is 5.69 Å². The van der Waals surface area contributed by atoms with E-state index in [9.17, 15) is 4.79 Å². The first-order valence-corrected chi connectivity index (χ1v) is 14.0. The number of para-hydroxylation sites is 2. The fourth-order valence-corrected chi connectivity index (χ4v) is 6.00. The van der Waals surface area contributed by atoms with E-state index in [1.807, 2.05) is 61.5 Å². The molecular formula is C30H29Cl2N5O2S. The first-order chi connectivity index (χ1) is 19.3. The Morgan fingerprint density at radius 1 is 1.10 bits per heavy atom. The van der Waals surface area contributed by atoms with Crippen molar-refractivity contribution in [2.24, 2.45) is 0 Å². The second-order valence-corrected chi connectivity index (χ2v) is 10.7. The van der Waals surface area contributed by atoms with E-state index in [4.69, 9.17) is 40.2 Å². The SMILES string of the molecule is COc1ccccc1NC(=O)CCN1C(=S)N[C@@H](c2ccccn2)[C@@H]1c1cc(C)n(-c2cccc(Cl)c2Cl)c1C. The highest BCUT2D eigenvalue weighted by molar-refractivity contribution is 7.80. The van der Waals surface area contributed by atoms with Gasteiger partial charge in [0.2, 0.25) is 5.91 Å². The van der Waals surface area contributed by atoms with E-state index >= 15 is 0 Å². The van der Waals surface area contributed by atoms with Gasteiger partial charge in [0.05, 0.1) is 46.3 Å². The number of aromatic nitrogens is 2. The third kappa shape index (κ3) is 5.39. The fourth-order valence-electron chi connectivity index (χ4n) is 5.29. The van der Waals surface area contributed by atoms with Gasteiger partial charge in [0.1, 0.15) is 5.75 Å². The van der Waals surface area contributed by atoms with Crippen LogP contribution in [0, 0.1) is 13.8 Å². The van der Waals surface area contributed by atoms with Crippen molar-refractivity contribution in [2.75, 3.05) is 19.0 Å². The molecule has 1 saturated heterocycles. The number of pyridine rings is 1. The van der Waals surface area contributed by atoms with E-state index in [-0.39, 0.29) is 24.4 Å². The maximum absolute atomic E-state index is 13.0. The van der Waals surface area contributed by atoms with Gasteiger partial charge in [0, 0.05) is 30.6 Å². The molecule has 0 aliphatic carbocycles. The zero-order valence-corrected chi connectivity index (χ0v) is 24.6. The van der Waals surface area contributed by atoms with Gasteiger partial charge in [-0.3, -0.25) is 9.78 Å². The lowest BCUT2D eigenvalue weighted by molar-refractivity contribution is -0.116. The summed E-state index contributed by atoms with van der Waals surface area (Å²) in [5.74, 6) is 0.470. The van der Waals surface area contributed by atoms with Gasteiger partial charge < -0.3 is 24.8 Å². The number of ether oxygens (including phenoxy) is 1. The molecule has 0 radical (unpaired) electrons. The predicted octanol–water partition coefficient (Wildman–Crippen LogP) is 6.81. The number of halogens is 2. The van der Waals surface area contributed by atoms with Gasteiger partial charge in [0.15, 0.2) is 5.11 Å². The summed E-state index contributed by atoms with van der Waals surface area (Å²) in [5.41, 5.74) is 5.36. The highest BCUT2D eigenvalue weighted by Gasteiger charge is 2.41. The molecule has 1 aliphatic rings. The summed E-state index contributed by atoms with van der Waals surface area (Å²) in [4.78, 5) is 19.7. The van der Waals surface area contributed by atoms with Crippen molar-refractivity contribution in [1.82, 2.24) is 19.8 Å². The summed E-state index contributed by atoms with van der Waals surface area (Å²) in [5, 5.41) is 7.97. The van der Waals surface area contributed by atoms with Gasteiger partial charge in [-0.2, -0.15) is 0 Å². The molecule has 40 heavy (non-hydrogen) atoms. The van der Waals surface area contributed by atoms with Crippen molar-refractivity contribution >= 4 is 52.1 Å². The largest absolute Gasteiger partial charge is 0.495 e. The minimum atomic E-state index is -0.213. The van der Waals surface area contributed by atoms with Gasteiger partial charge in [-0.25, -0.2) is 0 Å². The Kier molecular flexibility index (Phi) is 8.30. The number of benzene rings is 2. The number of carbonyl (C=O) groups is 1. The molecule has 1 aliphatic heterocycles. The van der Waals surface area contributed by atoms with Gasteiger partial charge in [-0.1, -0.05) is 47.5 Å². The summed E-state index contributed by atoms with van der Waals surface area (Å²) in [6, 6.07) is 20.5. The Hall–Kier alpha value is -3.59. The molecule has 2 N–H and O–H groups in total. The molecule has 0 unspecified atom stereocenters. The molecule has 4 aromatic rings. The van der Waals surface area contributed by atoms with Crippen LogP contribution < -0.4 is 15.4 Å². The van der Waals surface area contributed by atoms with Crippen LogP contribution in [0.4, 0.5) is 5.69 Å². The number of nitrogens with zero attached hydrogens (tertiary/aromatic N) is 3. The van der Waals surface area contributed by atoms with E-state index in [0.29, 0.717) is 33.1 Å². The number of anilines is 1. The average Bonchev–Trinajstić information content (AvgIpc) is 3.44. The number of methoxy groups -OCH3 is 1. The van der Waals surface area contributed by atoms with Crippen molar-refractivity contribution in [3.8, 4) is 11.4 Å². The second kappa shape index (κ2) is 11.9. The molecule has 1 amide bonds. The zero-order chi connectivity index (χ0) is 28.4. The lowest BCUT2D eigenvalue weighted by Gasteiger charge is -2.28. The summed E-state index contributed by atoms with van der Waals surface area (Å²) in [6.07, 6.45) is 2.00. The molecule has 2 atom stereocenters. The minimum absolute atomic E-state index is 0.136. The normalized spacial score (nSPS) is 16.6. The average molecular weight is 595 g/mol. The van der Waals surface area contributed by atoms with E-state index in [0.717, 1.165) is 28.3 Å². The van der Waals surface area contributed by atoms with E-state index in [1.54, 1.807) is 19.4 Å². The molecule has 10 heteroatoms. The van der Waals surface area contributed by atoms with E-state index < -0.39 is 0 Å². The van der Waals surface area contributed by atoms with Gasteiger partial charge in [-0.15, -0.1) is 0 Å². The van der Waals surface area contributed by atoms with Crippen LogP contribution in [-0.2, 0) is 4.79 Å². The second-order valence-electron chi connectivity index (χ2n) is 9.55. The molecule has 0 saturated carbocycles. The number of nitrogens with one attached hydrogen (secondary N) is 2. The fraction of sp³-hybridized carbons (Fsp3) is 0.233. The van der Waals surface area contributed by atoms with Crippen LogP contribution in [0.2, 0.25) is 10.0 Å². The molecule has 7 nitrogen and oxygen atoms in total. The highest BCUT2D eigenvalue weighted by Crippen LogP contribution is 2.42. The maximum Gasteiger partial charge on any atom is 0.226 e. The topological polar surface area (TPSA) is 71.4 Å². The third-order valence-corrected chi connectivity index (χ3v) is 8.28. The predicted molar refractivity (Wildman–Crippen MR) is 164 cm³/mol. The number of carbonyl (C=O) groups excluding carboxylic acids is 1. The molecule has 5 rings (SSSR count). The molecule has 3 heterocycles. The number of amides is 1. The van der Waals surface area contributed by atoms with E-state index in [2.05, 4.69) is 38.1 Å². The minimum Gasteiger partial charge on any atom is -0.495 e. The highest BCUT2D eigenvalue weighted by atomic mass is 35.5. The number of hydrogen-bond acceptors (Lipinski definition) is 4. The van der Waals surface area contributed by atoms with Crippen LogP contribution in [0.15, 0.2) is 72.9 Å². The molecule has 206 valence electrons. The molecule has 1 fully saturated rings. The Morgan fingerprint density at radius 3 is 2.62 bits per heavy atom. The van der Waals surface area contributed by atoms with Crippen molar-refractivity contribution in [1.29, 1.82) is 0 Å². The number of rotatable bonds is 8. The monoisotopic (exact) mass is 593 g/mol. The number of aryl methyl sites for hydroxylation is 1. The van der Waals surface area contributed by atoms with E-state index in [1.165, 1.54) is 0 Å². The first kappa shape index (κ1) is 28.0. The molecule has 2 aromatic carbocycles. The first-order valence-electron chi connectivity index (χ1n) is 12.8. The van der Waals surface area contributed by atoms with Gasteiger partial charge in [-0.05, 0) is 74.1 Å². The molecule has 2 aromatic heterocycles. The summed E-state index contributed by atoms with van der Waals surface area (Å²) >= 11 is 18.8. The standard InChI is InChI=1S/C30H29Cl2N5O2S/c1-18-17-20(19(2)37(18)24-12-8-9-21(31)27(24)32)29-28(23-11-6-7-15-33-23)35-30(40)36(29)16-14-26(38)34-22-10-4-5-13-25(22)39-3/h4-13,15,17,28-29H,14,16H2,1-3H3,(H,34,38)(H,35,40)/t28-,29-/m0/s1. The summed E-state index contributed by atoms with van der Waals surface area (Å²) in [7, 11) is 1.58. The smallest absolute Gasteiger partial charge is 0.226 e. The molecule has 0 spiro atoms. The Morgan fingerprint density at radius 2 is 1.88 bits per heavy atom. The van der Waals surface area contributed by atoms with Gasteiger partial charge >= 0.3 is 0 Å². The van der Waals surface area contributed by atoms with Crippen molar-refractivity contribution in [2.45, 2.75) is 32.4 Å². The van der Waals surface area contributed by atoms with Crippen LogP contribution in [0.5, 0.6) is 5.75 Å². The lowest BCUT2D eigenvalue weighted by Crippen LogP contribution is -2.33. The maximum atomic E-state index is 13.0. The molecule has 0 bridgehead atoms. The van der Waals surface area contributed by atoms with Crippen molar-refractivity contribution < 1.29 is 9.53 Å². The number of thiocarbonyl (C=S) groups is 1. The van der Waals surface area contributed by atoms with Crippen LogP contribution in [-0.4, -0.2) is 39.1 Å². The Balaban J connectivity index is 1.49. The van der Waals surface area contributed by atoms with Crippen molar-refractivity contribution in [3.05, 3.63) is 106 Å². The quantitative estimate of drug-likeness (QED) is 0.219. The number of hydrogen-bond donors (Lipinski definition) is 2. The zero-order valence-electron chi connectivity index (χ0n) is 22.3. The van der Waals surface area contributed by atoms with Crippen LogP contribution >= 0.6 is 35.4 Å². The Labute approximate surface area is 249 Å². The van der Waals surface area contributed by atoms with Crippen LogP contribution in [0.1, 0.15) is 41.1 Å². The third-order valence-electron chi connectivity index (χ3n) is 7.12. The lowest BCUT2D eigenvalue weighted by atomic mass is 9.96. The van der Waals surface area contributed by atoms with Crippen LogP contribution in [0.3, 0.4) is 0 Å². The summed E-state index contributed by atoms with van der Waals surface area (Å²) in [6.45, 7) is 4.50. The Bertz CT molecular complexity index is 1560.